The SMILES string of the molecule is CCN(CC)CC(C)NC(=O)N[C@@H](CCC(N)=O)C(=O)O. The van der Waals surface area contributed by atoms with E-state index in [9.17, 15) is 14.4 Å². The molecule has 0 aromatic rings. The minimum atomic E-state index is -1.19. The van der Waals surface area contributed by atoms with Crippen LogP contribution in [0.5, 0.6) is 0 Å². The molecule has 3 amide bonds. The van der Waals surface area contributed by atoms with E-state index in [0.29, 0.717) is 6.54 Å². The number of hydrogen-bond acceptors (Lipinski definition) is 4. The van der Waals surface area contributed by atoms with Gasteiger partial charge in [-0.3, -0.25) is 4.79 Å². The van der Waals surface area contributed by atoms with Crippen LogP contribution in [-0.2, 0) is 9.59 Å². The molecular formula is C13H26N4O4. The summed E-state index contributed by atoms with van der Waals surface area (Å²) < 4.78 is 0. The summed E-state index contributed by atoms with van der Waals surface area (Å²) >= 11 is 0. The van der Waals surface area contributed by atoms with Crippen LogP contribution in [0.4, 0.5) is 4.79 Å². The molecule has 8 nitrogen and oxygen atoms in total. The second-order valence-corrected chi connectivity index (χ2v) is 4.90. The molecule has 0 saturated heterocycles. The Labute approximate surface area is 125 Å². The molecule has 0 rings (SSSR count). The zero-order chi connectivity index (χ0) is 16.4. The zero-order valence-electron chi connectivity index (χ0n) is 12.9. The highest BCUT2D eigenvalue weighted by atomic mass is 16.4. The predicted octanol–water partition coefficient (Wildman–Crippen LogP) is -0.265. The fourth-order valence-corrected chi connectivity index (χ4v) is 1.88. The maximum Gasteiger partial charge on any atom is 0.326 e. The van der Waals surface area contributed by atoms with Crippen LogP contribution in [-0.4, -0.2) is 59.6 Å². The molecule has 0 aliphatic rings. The van der Waals surface area contributed by atoms with Crippen LogP contribution < -0.4 is 16.4 Å². The van der Waals surface area contributed by atoms with Crippen molar-refractivity contribution in [1.82, 2.24) is 15.5 Å². The van der Waals surface area contributed by atoms with E-state index in [1.165, 1.54) is 0 Å². The van der Waals surface area contributed by atoms with Crippen molar-refractivity contribution in [1.29, 1.82) is 0 Å². The number of aliphatic carboxylic acids is 1. The lowest BCUT2D eigenvalue weighted by atomic mass is 10.1. The summed E-state index contributed by atoms with van der Waals surface area (Å²) in [5, 5.41) is 14.0. The molecule has 8 heteroatoms. The standard InChI is InChI=1S/C13H26N4O4/c1-4-17(5-2)8-9(3)15-13(21)16-10(12(19)20)6-7-11(14)18/h9-10H,4-8H2,1-3H3,(H2,14,18)(H,19,20)(H2,15,16,21)/t9?,10-/m0/s1. The van der Waals surface area contributed by atoms with Gasteiger partial charge >= 0.3 is 12.0 Å². The van der Waals surface area contributed by atoms with Gasteiger partial charge in [0.05, 0.1) is 0 Å². The Morgan fingerprint density at radius 2 is 1.76 bits per heavy atom. The van der Waals surface area contributed by atoms with E-state index in [-0.39, 0.29) is 18.9 Å². The monoisotopic (exact) mass is 302 g/mol. The van der Waals surface area contributed by atoms with Gasteiger partial charge in [-0.1, -0.05) is 13.8 Å². The molecule has 2 atom stereocenters. The third kappa shape index (κ3) is 8.85. The van der Waals surface area contributed by atoms with Gasteiger partial charge in [0.25, 0.3) is 0 Å². The second-order valence-electron chi connectivity index (χ2n) is 4.90. The minimum Gasteiger partial charge on any atom is -0.480 e. The van der Waals surface area contributed by atoms with Crippen molar-refractivity contribution in [3.05, 3.63) is 0 Å². The van der Waals surface area contributed by atoms with Crippen LogP contribution in [0.1, 0.15) is 33.6 Å². The number of amides is 3. The molecule has 0 aliphatic carbocycles. The fourth-order valence-electron chi connectivity index (χ4n) is 1.88. The average Bonchev–Trinajstić information content (AvgIpc) is 2.39. The topological polar surface area (TPSA) is 125 Å². The van der Waals surface area contributed by atoms with E-state index in [1.54, 1.807) is 0 Å². The Bertz CT molecular complexity index is 358. The quantitative estimate of drug-likeness (QED) is 0.442. The Balaban J connectivity index is 4.30. The van der Waals surface area contributed by atoms with Crippen LogP contribution in [0.25, 0.3) is 0 Å². The van der Waals surface area contributed by atoms with E-state index in [0.717, 1.165) is 13.1 Å². The molecule has 0 heterocycles. The Kier molecular flexibility index (Phi) is 9.11. The maximum absolute atomic E-state index is 11.8. The minimum absolute atomic E-state index is 0.0253. The van der Waals surface area contributed by atoms with Crippen molar-refractivity contribution in [2.75, 3.05) is 19.6 Å². The average molecular weight is 302 g/mol. The number of likely N-dealkylation sites (N-methyl/N-ethyl adjacent to an activating group) is 1. The van der Waals surface area contributed by atoms with Gasteiger partial charge in [-0.15, -0.1) is 0 Å². The molecule has 0 spiro atoms. The van der Waals surface area contributed by atoms with Crippen molar-refractivity contribution in [3.8, 4) is 0 Å². The smallest absolute Gasteiger partial charge is 0.326 e. The number of carboxylic acid groups (broad SMARTS) is 1. The van der Waals surface area contributed by atoms with E-state index in [4.69, 9.17) is 10.8 Å². The largest absolute Gasteiger partial charge is 0.480 e. The van der Waals surface area contributed by atoms with Gasteiger partial charge in [-0.25, -0.2) is 9.59 Å². The molecule has 0 radical (unpaired) electrons. The Morgan fingerprint density at radius 1 is 1.19 bits per heavy atom. The first-order valence-corrected chi connectivity index (χ1v) is 7.10. The molecule has 5 N–H and O–H groups in total. The van der Waals surface area contributed by atoms with Crippen molar-refractivity contribution in [2.45, 2.75) is 45.7 Å². The third-order valence-electron chi connectivity index (χ3n) is 3.09. The summed E-state index contributed by atoms with van der Waals surface area (Å²) in [5.41, 5.74) is 4.97. The van der Waals surface area contributed by atoms with Crippen LogP contribution >= 0.6 is 0 Å². The fraction of sp³-hybridized carbons (Fsp3) is 0.769. The van der Waals surface area contributed by atoms with E-state index >= 15 is 0 Å². The van der Waals surface area contributed by atoms with Crippen LogP contribution in [0.3, 0.4) is 0 Å². The summed E-state index contributed by atoms with van der Waals surface area (Å²) in [6.07, 6.45) is -0.116. The molecule has 1 unspecified atom stereocenters. The number of rotatable bonds is 10. The maximum atomic E-state index is 11.8. The lowest BCUT2D eigenvalue weighted by Gasteiger charge is -2.24. The molecule has 0 aromatic heterocycles. The lowest BCUT2D eigenvalue weighted by molar-refractivity contribution is -0.139. The number of urea groups is 1. The normalized spacial score (nSPS) is 13.5. The zero-order valence-corrected chi connectivity index (χ0v) is 12.9. The number of primary amides is 1. The number of nitrogens with two attached hydrogens (primary N) is 1. The van der Waals surface area contributed by atoms with Gasteiger partial charge in [0.2, 0.25) is 5.91 Å². The molecule has 0 fully saturated rings. The summed E-state index contributed by atoms with van der Waals surface area (Å²) in [7, 11) is 0. The first-order valence-electron chi connectivity index (χ1n) is 7.10. The number of carbonyl (C=O) groups excluding carboxylic acids is 2. The highest BCUT2D eigenvalue weighted by molar-refractivity contribution is 5.83. The highest BCUT2D eigenvalue weighted by Gasteiger charge is 2.21. The van der Waals surface area contributed by atoms with Gasteiger partial charge in [0, 0.05) is 19.0 Å². The van der Waals surface area contributed by atoms with Crippen molar-refractivity contribution in [3.63, 3.8) is 0 Å². The molecule has 0 saturated carbocycles. The summed E-state index contributed by atoms with van der Waals surface area (Å²) in [6, 6.07) is -1.81. The van der Waals surface area contributed by atoms with Gasteiger partial charge in [-0.2, -0.15) is 0 Å². The van der Waals surface area contributed by atoms with Crippen LogP contribution in [0.2, 0.25) is 0 Å². The number of nitrogens with one attached hydrogen (secondary N) is 2. The Hall–Kier alpha value is -1.83. The van der Waals surface area contributed by atoms with Crippen molar-refractivity contribution < 1.29 is 19.5 Å². The summed E-state index contributed by atoms with van der Waals surface area (Å²) in [4.78, 5) is 35.6. The third-order valence-corrected chi connectivity index (χ3v) is 3.09. The molecule has 0 aromatic carbocycles. The number of hydrogen-bond donors (Lipinski definition) is 4. The molecular weight excluding hydrogens is 276 g/mol. The van der Waals surface area contributed by atoms with Gasteiger partial charge in [0.15, 0.2) is 0 Å². The predicted molar refractivity (Wildman–Crippen MR) is 78.8 cm³/mol. The molecule has 122 valence electrons. The molecule has 0 aliphatic heterocycles. The lowest BCUT2D eigenvalue weighted by Crippen LogP contribution is -2.51. The van der Waals surface area contributed by atoms with E-state index < -0.39 is 23.9 Å². The second kappa shape index (κ2) is 9.98. The van der Waals surface area contributed by atoms with Crippen molar-refractivity contribution >= 4 is 17.9 Å². The van der Waals surface area contributed by atoms with Gasteiger partial charge in [-0.05, 0) is 26.4 Å². The Morgan fingerprint density at radius 3 is 2.19 bits per heavy atom. The van der Waals surface area contributed by atoms with Crippen molar-refractivity contribution in [2.24, 2.45) is 5.73 Å². The van der Waals surface area contributed by atoms with E-state index in [2.05, 4.69) is 15.5 Å². The van der Waals surface area contributed by atoms with Gasteiger partial charge < -0.3 is 26.4 Å². The summed E-state index contributed by atoms with van der Waals surface area (Å²) in [5.74, 6) is -1.79. The number of carboxylic acids is 1. The van der Waals surface area contributed by atoms with E-state index in [1.807, 2.05) is 20.8 Å². The van der Waals surface area contributed by atoms with Crippen LogP contribution in [0.15, 0.2) is 0 Å². The first-order chi connectivity index (χ1) is 9.79. The number of carbonyl (C=O) groups is 3. The number of nitrogens with zero attached hydrogens (tertiary/aromatic N) is 1. The summed E-state index contributed by atoms with van der Waals surface area (Å²) in [6.45, 7) is 8.33. The molecule has 0 bridgehead atoms. The molecule has 21 heavy (non-hydrogen) atoms. The highest BCUT2D eigenvalue weighted by Crippen LogP contribution is 1.98. The van der Waals surface area contributed by atoms with Gasteiger partial charge in [0.1, 0.15) is 6.04 Å². The van der Waals surface area contributed by atoms with Crippen LogP contribution in [0, 0.1) is 0 Å². The first kappa shape index (κ1) is 19.2.